The number of hydrogen-bond acceptors (Lipinski definition) is 4. The summed E-state index contributed by atoms with van der Waals surface area (Å²) < 4.78 is 39.6. The Morgan fingerprint density at radius 2 is 2.05 bits per heavy atom. The maximum atomic E-state index is 12.8. The Bertz CT molecular complexity index is 790. The van der Waals surface area contributed by atoms with Crippen molar-refractivity contribution in [3.05, 3.63) is 53.5 Å². The fraction of sp³-hybridized carbons (Fsp3) is 0.0769. The molecule has 0 saturated carbocycles. The van der Waals surface area contributed by atoms with Crippen molar-refractivity contribution >= 4 is 33.0 Å². The second kappa shape index (κ2) is 5.74. The predicted octanol–water partition coefficient (Wildman–Crippen LogP) is 1.96. The molecular weight excluding hydrogens is 313 g/mol. The zero-order valence-electron chi connectivity index (χ0n) is 11.0. The Kier molecular flexibility index (Phi) is 4.19. The summed E-state index contributed by atoms with van der Waals surface area (Å²) in [5.41, 5.74) is 6.58. The molecule has 0 radical (unpaired) electrons. The van der Waals surface area contributed by atoms with Gasteiger partial charge < -0.3 is 5.73 Å². The van der Waals surface area contributed by atoms with Crippen LogP contribution in [0.15, 0.2) is 41.4 Å². The highest BCUT2D eigenvalue weighted by atomic mass is 32.2. The van der Waals surface area contributed by atoms with Crippen molar-refractivity contribution in [3.8, 4) is 0 Å². The average molecular weight is 325 g/mol. The second-order valence-electron chi connectivity index (χ2n) is 4.31. The van der Waals surface area contributed by atoms with Gasteiger partial charge in [-0.1, -0.05) is 18.3 Å². The molecule has 21 heavy (non-hydrogen) atoms. The van der Waals surface area contributed by atoms with Crippen LogP contribution in [0, 0.1) is 12.7 Å². The Hall–Kier alpha value is -2.06. The molecule has 0 fully saturated rings. The van der Waals surface area contributed by atoms with Gasteiger partial charge in [-0.2, -0.15) is 0 Å². The summed E-state index contributed by atoms with van der Waals surface area (Å²) in [7, 11) is -3.82. The lowest BCUT2D eigenvalue weighted by atomic mass is 10.1. The van der Waals surface area contributed by atoms with E-state index in [9.17, 15) is 12.8 Å². The maximum absolute atomic E-state index is 12.8. The van der Waals surface area contributed by atoms with Crippen LogP contribution in [0.2, 0.25) is 0 Å². The SMILES string of the molecule is Cc1cc(C(N)=S)ccc1S(=O)(=O)Nc1ccc(F)cn1. The van der Waals surface area contributed by atoms with E-state index in [1.54, 1.807) is 13.0 Å². The highest BCUT2D eigenvalue weighted by molar-refractivity contribution is 7.92. The minimum atomic E-state index is -3.82. The van der Waals surface area contributed by atoms with Crippen molar-refractivity contribution in [2.24, 2.45) is 5.73 Å². The van der Waals surface area contributed by atoms with Crippen molar-refractivity contribution in [2.75, 3.05) is 4.72 Å². The van der Waals surface area contributed by atoms with Crippen molar-refractivity contribution in [1.29, 1.82) is 0 Å². The lowest BCUT2D eigenvalue weighted by Gasteiger charge is -2.10. The first-order valence-electron chi connectivity index (χ1n) is 5.84. The smallest absolute Gasteiger partial charge is 0.263 e. The van der Waals surface area contributed by atoms with Crippen LogP contribution in [0.4, 0.5) is 10.2 Å². The van der Waals surface area contributed by atoms with Crippen LogP contribution in [-0.4, -0.2) is 18.4 Å². The van der Waals surface area contributed by atoms with Crippen molar-refractivity contribution in [1.82, 2.24) is 4.98 Å². The van der Waals surface area contributed by atoms with Gasteiger partial charge in [0.15, 0.2) is 0 Å². The van der Waals surface area contributed by atoms with Crippen LogP contribution in [0.1, 0.15) is 11.1 Å². The number of sulfonamides is 1. The third-order valence-corrected chi connectivity index (χ3v) is 4.47. The summed E-state index contributed by atoms with van der Waals surface area (Å²) in [4.78, 5) is 3.93. The van der Waals surface area contributed by atoms with Crippen LogP contribution in [-0.2, 0) is 10.0 Å². The average Bonchev–Trinajstić information content (AvgIpc) is 2.40. The minimum absolute atomic E-state index is 0.0363. The maximum Gasteiger partial charge on any atom is 0.263 e. The predicted molar refractivity (Wildman–Crippen MR) is 82.1 cm³/mol. The Morgan fingerprint density at radius 3 is 2.57 bits per heavy atom. The Labute approximate surface area is 127 Å². The first-order chi connectivity index (χ1) is 9.79. The van der Waals surface area contributed by atoms with E-state index in [0.29, 0.717) is 11.1 Å². The monoisotopic (exact) mass is 325 g/mol. The molecular formula is C13H12FN3O2S2. The van der Waals surface area contributed by atoms with Gasteiger partial charge in [0.05, 0.1) is 11.1 Å². The standard InChI is InChI=1S/C13H12FN3O2S2/c1-8-6-9(13(15)20)2-4-11(8)21(18,19)17-12-5-3-10(14)7-16-12/h2-7H,1H3,(H2,15,20)(H,16,17). The van der Waals surface area contributed by atoms with E-state index in [1.165, 1.54) is 18.2 Å². The quantitative estimate of drug-likeness (QED) is 0.840. The van der Waals surface area contributed by atoms with E-state index in [-0.39, 0.29) is 15.7 Å². The molecule has 0 amide bonds. The molecule has 0 bridgehead atoms. The van der Waals surface area contributed by atoms with Crippen molar-refractivity contribution < 1.29 is 12.8 Å². The van der Waals surface area contributed by atoms with Gasteiger partial charge in [-0.3, -0.25) is 4.72 Å². The second-order valence-corrected chi connectivity index (χ2v) is 6.40. The van der Waals surface area contributed by atoms with E-state index in [1.807, 2.05) is 0 Å². The number of hydrogen-bond donors (Lipinski definition) is 2. The third kappa shape index (κ3) is 3.53. The van der Waals surface area contributed by atoms with Crippen LogP contribution in [0.5, 0.6) is 0 Å². The molecule has 5 nitrogen and oxygen atoms in total. The van der Waals surface area contributed by atoms with E-state index >= 15 is 0 Å². The number of nitrogens with one attached hydrogen (secondary N) is 1. The number of nitrogens with zero attached hydrogens (tertiary/aromatic N) is 1. The normalized spacial score (nSPS) is 11.1. The molecule has 0 aliphatic heterocycles. The van der Waals surface area contributed by atoms with Gasteiger partial charge in [0.1, 0.15) is 16.6 Å². The number of anilines is 1. The Morgan fingerprint density at radius 1 is 1.33 bits per heavy atom. The minimum Gasteiger partial charge on any atom is -0.389 e. The third-order valence-electron chi connectivity index (χ3n) is 2.72. The summed E-state index contributed by atoms with van der Waals surface area (Å²) in [6, 6.07) is 6.89. The van der Waals surface area contributed by atoms with Gasteiger partial charge in [-0.25, -0.2) is 17.8 Å². The van der Waals surface area contributed by atoms with E-state index < -0.39 is 15.8 Å². The van der Waals surface area contributed by atoms with Crippen molar-refractivity contribution in [2.45, 2.75) is 11.8 Å². The number of halogens is 1. The van der Waals surface area contributed by atoms with Gasteiger partial charge in [-0.15, -0.1) is 0 Å². The largest absolute Gasteiger partial charge is 0.389 e. The fourth-order valence-electron chi connectivity index (χ4n) is 1.73. The number of thiocarbonyl (C=S) groups is 1. The molecule has 1 heterocycles. The molecule has 0 spiro atoms. The molecule has 0 aliphatic rings. The molecule has 3 N–H and O–H groups in total. The van der Waals surface area contributed by atoms with Gasteiger partial charge in [0, 0.05) is 5.56 Å². The first-order valence-corrected chi connectivity index (χ1v) is 7.73. The molecule has 0 aliphatic carbocycles. The van der Waals surface area contributed by atoms with Gasteiger partial charge in [-0.05, 0) is 36.8 Å². The van der Waals surface area contributed by atoms with E-state index in [4.69, 9.17) is 18.0 Å². The molecule has 0 atom stereocenters. The molecule has 1 aromatic carbocycles. The number of pyridine rings is 1. The number of aryl methyl sites for hydroxylation is 1. The molecule has 1 aromatic heterocycles. The molecule has 110 valence electrons. The van der Waals surface area contributed by atoms with Crippen LogP contribution in [0.25, 0.3) is 0 Å². The number of nitrogens with two attached hydrogens (primary N) is 1. The number of benzene rings is 1. The van der Waals surface area contributed by atoms with E-state index in [2.05, 4.69) is 9.71 Å². The van der Waals surface area contributed by atoms with Gasteiger partial charge in [0.25, 0.3) is 10.0 Å². The number of rotatable bonds is 4. The van der Waals surface area contributed by atoms with Crippen molar-refractivity contribution in [3.63, 3.8) is 0 Å². The van der Waals surface area contributed by atoms with Crippen LogP contribution >= 0.6 is 12.2 Å². The summed E-state index contributed by atoms with van der Waals surface area (Å²) in [6.45, 7) is 1.63. The molecule has 0 saturated heterocycles. The zero-order valence-corrected chi connectivity index (χ0v) is 12.6. The summed E-state index contributed by atoms with van der Waals surface area (Å²) in [5.74, 6) is -0.510. The lowest BCUT2D eigenvalue weighted by Crippen LogP contribution is -2.16. The highest BCUT2D eigenvalue weighted by Gasteiger charge is 2.18. The fourth-order valence-corrected chi connectivity index (χ4v) is 3.10. The van der Waals surface area contributed by atoms with Gasteiger partial charge >= 0.3 is 0 Å². The lowest BCUT2D eigenvalue weighted by molar-refractivity contribution is 0.600. The van der Waals surface area contributed by atoms with Gasteiger partial charge in [0.2, 0.25) is 0 Å². The topological polar surface area (TPSA) is 85.1 Å². The summed E-state index contributed by atoms with van der Waals surface area (Å²) in [6.07, 6.45) is 0.931. The molecule has 8 heteroatoms. The summed E-state index contributed by atoms with van der Waals surface area (Å²) >= 11 is 4.84. The summed E-state index contributed by atoms with van der Waals surface area (Å²) in [5, 5.41) is 0. The molecule has 2 aromatic rings. The van der Waals surface area contributed by atoms with E-state index in [0.717, 1.165) is 12.3 Å². The van der Waals surface area contributed by atoms with Crippen LogP contribution in [0.3, 0.4) is 0 Å². The first kappa shape index (κ1) is 15.3. The molecule has 0 unspecified atom stereocenters. The molecule has 2 rings (SSSR count). The Balaban J connectivity index is 2.35. The van der Waals surface area contributed by atoms with Crippen LogP contribution < -0.4 is 10.5 Å². The highest BCUT2D eigenvalue weighted by Crippen LogP contribution is 2.19. The zero-order chi connectivity index (χ0) is 15.6. The number of aromatic nitrogens is 1.